The van der Waals surface area contributed by atoms with E-state index < -0.39 is 0 Å². The van der Waals surface area contributed by atoms with Crippen LogP contribution in [0.25, 0.3) is 0 Å². The fourth-order valence-electron chi connectivity index (χ4n) is 4.85. The molecule has 0 bridgehead atoms. The second-order valence-electron chi connectivity index (χ2n) is 10.6. The molecule has 33 heavy (non-hydrogen) atoms. The third kappa shape index (κ3) is 19.4. The minimum Gasteiger partial charge on any atom is -0.356 e. The number of carbonyl (C=O) groups excluding carboxylic acids is 1. The highest BCUT2D eigenvalue weighted by Crippen LogP contribution is 2.13. The van der Waals surface area contributed by atoms with Gasteiger partial charge < -0.3 is 20.4 Å². The van der Waals surface area contributed by atoms with Crippen molar-refractivity contribution in [2.45, 2.75) is 122 Å². The molecular weight excluding hydrogens is 408 g/mol. The summed E-state index contributed by atoms with van der Waals surface area (Å²) in [4.78, 5) is 17.4. The van der Waals surface area contributed by atoms with Crippen molar-refractivity contribution in [1.82, 2.24) is 20.4 Å². The van der Waals surface area contributed by atoms with E-state index in [2.05, 4.69) is 41.5 Å². The van der Waals surface area contributed by atoms with Gasteiger partial charge in [0.05, 0.1) is 0 Å². The van der Waals surface area contributed by atoms with Crippen LogP contribution in [0.2, 0.25) is 0 Å². The minimum absolute atomic E-state index is 0.222. The number of unbranched alkanes of at least 4 members (excludes halogenated alkanes) is 10. The Morgan fingerprint density at radius 3 is 1.76 bits per heavy atom. The van der Waals surface area contributed by atoms with Crippen molar-refractivity contribution in [3.8, 4) is 0 Å². The standard InChI is InChI=1S/C28H58N4O/c1-4-5-6-7-8-9-10-11-12-13-14-19-27-26-28(33)30-21-18-25-32(3)23-16-15-22-31(2)24-17-20-29-27/h27,29H,4-26H2,1-3H3,(H,30,33)/t27-/m1/s1. The molecule has 5 heteroatoms. The van der Waals surface area contributed by atoms with E-state index in [4.69, 9.17) is 0 Å². The number of hydrogen-bond donors (Lipinski definition) is 2. The van der Waals surface area contributed by atoms with Gasteiger partial charge >= 0.3 is 0 Å². The van der Waals surface area contributed by atoms with E-state index in [0.717, 1.165) is 52.0 Å². The summed E-state index contributed by atoms with van der Waals surface area (Å²) >= 11 is 0. The summed E-state index contributed by atoms with van der Waals surface area (Å²) in [6, 6.07) is 0.326. The van der Waals surface area contributed by atoms with E-state index in [1.54, 1.807) is 0 Å². The summed E-state index contributed by atoms with van der Waals surface area (Å²) in [6.07, 6.45) is 21.6. The Morgan fingerprint density at radius 2 is 1.18 bits per heavy atom. The first-order valence-corrected chi connectivity index (χ1v) is 14.5. The molecule has 2 N–H and O–H groups in total. The van der Waals surface area contributed by atoms with Gasteiger partial charge in [0.25, 0.3) is 0 Å². The van der Waals surface area contributed by atoms with E-state index in [-0.39, 0.29) is 5.91 Å². The Labute approximate surface area is 206 Å². The van der Waals surface area contributed by atoms with Crippen LogP contribution in [0.4, 0.5) is 0 Å². The average molecular weight is 467 g/mol. The molecule has 0 aromatic carbocycles. The molecule has 1 aliphatic heterocycles. The lowest BCUT2D eigenvalue weighted by Crippen LogP contribution is -2.37. The number of nitrogens with one attached hydrogen (secondary N) is 2. The molecular formula is C28H58N4O. The lowest BCUT2D eigenvalue weighted by Gasteiger charge is -2.20. The smallest absolute Gasteiger partial charge is 0.221 e. The van der Waals surface area contributed by atoms with Crippen LogP contribution in [0.5, 0.6) is 0 Å². The van der Waals surface area contributed by atoms with Gasteiger partial charge in [-0.1, -0.05) is 77.6 Å². The second kappa shape index (κ2) is 21.9. The Kier molecular flexibility index (Phi) is 20.1. The van der Waals surface area contributed by atoms with Gasteiger partial charge in [-0.2, -0.15) is 0 Å². The number of nitrogens with zero attached hydrogens (tertiary/aromatic N) is 2. The van der Waals surface area contributed by atoms with Crippen molar-refractivity contribution in [2.24, 2.45) is 0 Å². The van der Waals surface area contributed by atoms with Crippen LogP contribution < -0.4 is 10.6 Å². The quantitative estimate of drug-likeness (QED) is 0.368. The van der Waals surface area contributed by atoms with E-state index >= 15 is 0 Å². The van der Waals surface area contributed by atoms with Gasteiger partial charge in [0.2, 0.25) is 5.91 Å². The van der Waals surface area contributed by atoms with Gasteiger partial charge in [-0.05, 0) is 78.9 Å². The van der Waals surface area contributed by atoms with Gasteiger partial charge in [-0.25, -0.2) is 0 Å². The molecule has 0 aromatic heterocycles. The van der Waals surface area contributed by atoms with E-state index in [0.29, 0.717) is 12.5 Å². The monoisotopic (exact) mass is 466 g/mol. The van der Waals surface area contributed by atoms with Gasteiger partial charge in [0.15, 0.2) is 0 Å². The fraction of sp³-hybridized carbons (Fsp3) is 0.964. The largest absolute Gasteiger partial charge is 0.356 e. The summed E-state index contributed by atoms with van der Waals surface area (Å²) in [6.45, 7) is 8.66. The molecule has 0 unspecified atom stereocenters. The second-order valence-corrected chi connectivity index (χ2v) is 10.6. The Morgan fingerprint density at radius 1 is 0.697 bits per heavy atom. The zero-order chi connectivity index (χ0) is 24.0. The molecule has 1 heterocycles. The van der Waals surface area contributed by atoms with Crippen molar-refractivity contribution < 1.29 is 4.79 Å². The maximum absolute atomic E-state index is 12.5. The van der Waals surface area contributed by atoms with Gasteiger partial charge in [0.1, 0.15) is 0 Å². The number of amides is 1. The fourth-order valence-corrected chi connectivity index (χ4v) is 4.85. The van der Waals surface area contributed by atoms with Crippen molar-refractivity contribution in [3.63, 3.8) is 0 Å². The molecule has 1 atom stereocenters. The Balaban J connectivity index is 2.26. The van der Waals surface area contributed by atoms with E-state index in [1.165, 1.54) is 90.0 Å². The molecule has 1 fully saturated rings. The molecule has 0 aromatic rings. The van der Waals surface area contributed by atoms with Gasteiger partial charge in [-0.3, -0.25) is 4.79 Å². The van der Waals surface area contributed by atoms with Crippen molar-refractivity contribution >= 4 is 5.91 Å². The zero-order valence-corrected chi connectivity index (χ0v) is 22.6. The predicted molar refractivity (Wildman–Crippen MR) is 144 cm³/mol. The summed E-state index contributed by atoms with van der Waals surface area (Å²) < 4.78 is 0. The molecule has 5 nitrogen and oxygen atoms in total. The molecule has 0 saturated carbocycles. The normalized spacial score (nSPS) is 21.5. The lowest BCUT2D eigenvalue weighted by molar-refractivity contribution is -0.121. The Bertz CT molecular complexity index is 446. The van der Waals surface area contributed by atoms with Crippen LogP contribution in [0.15, 0.2) is 0 Å². The molecule has 1 aliphatic rings. The van der Waals surface area contributed by atoms with Crippen LogP contribution in [-0.2, 0) is 4.79 Å². The molecule has 196 valence electrons. The van der Waals surface area contributed by atoms with E-state index in [1.807, 2.05) is 0 Å². The van der Waals surface area contributed by atoms with Crippen LogP contribution in [-0.4, -0.2) is 75.1 Å². The van der Waals surface area contributed by atoms with Gasteiger partial charge in [-0.15, -0.1) is 0 Å². The van der Waals surface area contributed by atoms with Crippen molar-refractivity contribution in [2.75, 3.05) is 53.4 Å². The first-order valence-electron chi connectivity index (χ1n) is 14.5. The number of hydrogen-bond acceptors (Lipinski definition) is 4. The SMILES string of the molecule is CCCCCCCCCCCCC[C@@H]1CC(=O)NCCCN(C)CCCCN(C)CCCN1. The van der Waals surface area contributed by atoms with Crippen LogP contribution in [0.3, 0.4) is 0 Å². The van der Waals surface area contributed by atoms with Crippen molar-refractivity contribution in [3.05, 3.63) is 0 Å². The van der Waals surface area contributed by atoms with Gasteiger partial charge in [0, 0.05) is 19.0 Å². The first-order chi connectivity index (χ1) is 16.1. The summed E-state index contributed by atoms with van der Waals surface area (Å²) in [5, 5.41) is 6.88. The maximum atomic E-state index is 12.5. The highest BCUT2D eigenvalue weighted by molar-refractivity contribution is 5.76. The summed E-state index contributed by atoms with van der Waals surface area (Å²) in [5.41, 5.74) is 0. The maximum Gasteiger partial charge on any atom is 0.221 e. The topological polar surface area (TPSA) is 47.6 Å². The van der Waals surface area contributed by atoms with E-state index in [9.17, 15) is 4.79 Å². The molecule has 0 aliphatic carbocycles. The number of rotatable bonds is 12. The lowest BCUT2D eigenvalue weighted by atomic mass is 10.0. The molecule has 0 radical (unpaired) electrons. The number of carbonyl (C=O) groups is 1. The minimum atomic E-state index is 0.222. The van der Waals surface area contributed by atoms with Crippen LogP contribution in [0, 0.1) is 0 Å². The van der Waals surface area contributed by atoms with Crippen LogP contribution in [0.1, 0.15) is 116 Å². The molecule has 1 rings (SSSR count). The zero-order valence-electron chi connectivity index (χ0n) is 22.6. The highest BCUT2D eigenvalue weighted by Gasteiger charge is 2.13. The molecule has 0 spiro atoms. The molecule has 1 amide bonds. The van der Waals surface area contributed by atoms with Crippen molar-refractivity contribution in [1.29, 1.82) is 0 Å². The third-order valence-corrected chi connectivity index (χ3v) is 7.11. The Hall–Kier alpha value is -0.650. The first kappa shape index (κ1) is 30.4. The summed E-state index contributed by atoms with van der Waals surface area (Å²) in [7, 11) is 4.45. The predicted octanol–water partition coefficient (Wildman–Crippen LogP) is 5.59. The third-order valence-electron chi connectivity index (χ3n) is 7.11. The summed E-state index contributed by atoms with van der Waals surface area (Å²) in [5.74, 6) is 0.222. The highest BCUT2D eigenvalue weighted by atomic mass is 16.1. The average Bonchev–Trinajstić information content (AvgIpc) is 2.80. The molecule has 1 saturated heterocycles. The van der Waals surface area contributed by atoms with Crippen LogP contribution >= 0.6 is 0 Å².